The summed E-state index contributed by atoms with van der Waals surface area (Å²) in [6, 6.07) is 10.2. The van der Waals surface area contributed by atoms with Gasteiger partial charge in [-0.05, 0) is 36.4 Å². The van der Waals surface area contributed by atoms with E-state index in [1.807, 2.05) is 47.3 Å². The molecule has 3 nitrogen and oxygen atoms in total. The average molecular weight is 298 g/mol. The zero-order chi connectivity index (χ0) is 14.8. The number of hydrogen-bond acceptors (Lipinski definition) is 3. The maximum atomic E-state index is 10.5. The fraction of sp³-hybridized carbons (Fsp3) is 0.235. The summed E-state index contributed by atoms with van der Waals surface area (Å²) in [4.78, 5) is 5.52. The summed E-state index contributed by atoms with van der Waals surface area (Å²) in [5.41, 5.74) is 3.32. The Kier molecular flexibility index (Phi) is 3.90. The molecule has 1 atom stereocenters. The first kappa shape index (κ1) is 14.0. The van der Waals surface area contributed by atoms with Gasteiger partial charge in [-0.1, -0.05) is 29.8 Å². The quantitative estimate of drug-likeness (QED) is 0.791. The average Bonchev–Trinajstić information content (AvgIpc) is 3.08. The molecule has 0 aliphatic carbocycles. The Hall–Kier alpha value is -1.91. The molecule has 2 heterocycles. The monoisotopic (exact) mass is 298 g/mol. The van der Waals surface area contributed by atoms with Crippen molar-refractivity contribution in [1.29, 1.82) is 0 Å². The molecule has 108 valence electrons. The van der Waals surface area contributed by atoms with Crippen molar-refractivity contribution in [2.24, 2.45) is 0 Å². The van der Waals surface area contributed by atoms with Crippen molar-refractivity contribution >= 4 is 11.3 Å². The van der Waals surface area contributed by atoms with Crippen LogP contribution in [0.25, 0.3) is 10.7 Å². The van der Waals surface area contributed by atoms with Gasteiger partial charge in [-0.2, -0.15) is 0 Å². The van der Waals surface area contributed by atoms with E-state index in [-0.39, 0.29) is 0 Å². The molecule has 0 radical (unpaired) electrons. The third-order valence-corrected chi connectivity index (χ3v) is 4.48. The van der Waals surface area contributed by atoms with Crippen molar-refractivity contribution in [2.75, 3.05) is 0 Å². The molecule has 0 fully saturated rings. The highest BCUT2D eigenvalue weighted by Crippen LogP contribution is 2.26. The highest BCUT2D eigenvalue weighted by molar-refractivity contribution is 7.13. The standard InChI is InChI=1S/C17H18N2OS/c1-12-5-6-14(13(2)10-12)15(20)11-19-8-7-18-17(19)16-4-3-9-21-16/h3-10,15,20H,11H2,1-2H3. The number of hydrogen-bond donors (Lipinski definition) is 1. The molecule has 0 aliphatic heterocycles. The number of aromatic nitrogens is 2. The molecule has 2 aromatic heterocycles. The predicted octanol–water partition coefficient (Wildman–Crippen LogP) is 3.96. The van der Waals surface area contributed by atoms with Crippen molar-refractivity contribution in [3.8, 4) is 10.7 Å². The summed E-state index contributed by atoms with van der Waals surface area (Å²) in [6.45, 7) is 4.62. The Bertz CT molecular complexity index is 731. The fourth-order valence-corrected chi connectivity index (χ4v) is 3.31. The van der Waals surface area contributed by atoms with E-state index >= 15 is 0 Å². The van der Waals surface area contributed by atoms with Crippen LogP contribution in [0.2, 0.25) is 0 Å². The zero-order valence-electron chi connectivity index (χ0n) is 12.2. The highest BCUT2D eigenvalue weighted by atomic mass is 32.1. The van der Waals surface area contributed by atoms with Crippen LogP contribution in [-0.4, -0.2) is 14.7 Å². The number of aliphatic hydroxyl groups excluding tert-OH is 1. The fourth-order valence-electron chi connectivity index (χ4n) is 2.57. The van der Waals surface area contributed by atoms with Crippen LogP contribution in [0.1, 0.15) is 22.8 Å². The number of rotatable bonds is 4. The number of thiophene rings is 1. The molecule has 0 spiro atoms. The van der Waals surface area contributed by atoms with Crippen molar-refractivity contribution in [1.82, 2.24) is 9.55 Å². The summed E-state index contributed by atoms with van der Waals surface area (Å²) >= 11 is 1.66. The second-order valence-corrected chi connectivity index (χ2v) is 6.20. The lowest BCUT2D eigenvalue weighted by atomic mass is 10.0. The number of aryl methyl sites for hydroxylation is 2. The molecule has 1 N–H and O–H groups in total. The maximum absolute atomic E-state index is 10.5. The van der Waals surface area contributed by atoms with Crippen molar-refractivity contribution < 1.29 is 5.11 Å². The lowest BCUT2D eigenvalue weighted by Crippen LogP contribution is -2.10. The number of nitrogens with zero attached hydrogens (tertiary/aromatic N) is 2. The van der Waals surface area contributed by atoms with Crippen LogP contribution < -0.4 is 0 Å². The molecule has 4 heteroatoms. The number of imidazole rings is 1. The van der Waals surface area contributed by atoms with E-state index in [1.165, 1.54) is 5.56 Å². The van der Waals surface area contributed by atoms with Gasteiger partial charge in [-0.15, -0.1) is 11.3 Å². The first-order valence-corrected chi connectivity index (χ1v) is 7.83. The normalized spacial score (nSPS) is 12.5. The third-order valence-electron chi connectivity index (χ3n) is 3.61. The lowest BCUT2D eigenvalue weighted by Gasteiger charge is -2.16. The summed E-state index contributed by atoms with van der Waals surface area (Å²) in [5.74, 6) is 0.911. The van der Waals surface area contributed by atoms with E-state index in [2.05, 4.69) is 18.0 Å². The van der Waals surface area contributed by atoms with Crippen molar-refractivity contribution in [2.45, 2.75) is 26.5 Å². The van der Waals surface area contributed by atoms with Gasteiger partial charge >= 0.3 is 0 Å². The summed E-state index contributed by atoms with van der Waals surface area (Å²) < 4.78 is 2.01. The Morgan fingerprint density at radius 3 is 2.86 bits per heavy atom. The van der Waals surface area contributed by atoms with Gasteiger partial charge < -0.3 is 9.67 Å². The van der Waals surface area contributed by atoms with Gasteiger partial charge in [0, 0.05) is 12.4 Å². The Morgan fingerprint density at radius 2 is 2.14 bits per heavy atom. The lowest BCUT2D eigenvalue weighted by molar-refractivity contribution is 0.156. The Labute approximate surface area is 128 Å². The summed E-state index contributed by atoms with van der Waals surface area (Å²) in [5, 5.41) is 12.6. The molecule has 0 saturated heterocycles. The smallest absolute Gasteiger partial charge is 0.150 e. The van der Waals surface area contributed by atoms with Crippen LogP contribution in [0.15, 0.2) is 48.1 Å². The summed E-state index contributed by atoms with van der Waals surface area (Å²) in [6.07, 6.45) is 3.17. The van der Waals surface area contributed by atoms with Crippen LogP contribution in [-0.2, 0) is 6.54 Å². The first-order valence-electron chi connectivity index (χ1n) is 6.95. The second-order valence-electron chi connectivity index (χ2n) is 5.26. The maximum Gasteiger partial charge on any atom is 0.150 e. The largest absolute Gasteiger partial charge is 0.387 e. The van der Waals surface area contributed by atoms with E-state index in [1.54, 1.807) is 17.5 Å². The van der Waals surface area contributed by atoms with E-state index in [0.717, 1.165) is 21.8 Å². The molecule has 3 aromatic rings. The van der Waals surface area contributed by atoms with Crippen LogP contribution >= 0.6 is 11.3 Å². The van der Waals surface area contributed by atoms with Gasteiger partial charge in [-0.3, -0.25) is 0 Å². The molecule has 1 aromatic carbocycles. The van der Waals surface area contributed by atoms with Gasteiger partial charge in [0.2, 0.25) is 0 Å². The predicted molar refractivity (Wildman–Crippen MR) is 86.4 cm³/mol. The van der Waals surface area contributed by atoms with Crippen molar-refractivity contribution in [3.05, 3.63) is 64.8 Å². The van der Waals surface area contributed by atoms with Gasteiger partial charge in [0.1, 0.15) is 5.82 Å². The second kappa shape index (κ2) is 5.84. The van der Waals surface area contributed by atoms with Crippen LogP contribution in [0.4, 0.5) is 0 Å². The topological polar surface area (TPSA) is 38.0 Å². The molecule has 3 rings (SSSR count). The molecular formula is C17H18N2OS. The van der Waals surface area contributed by atoms with Crippen molar-refractivity contribution in [3.63, 3.8) is 0 Å². The van der Waals surface area contributed by atoms with E-state index < -0.39 is 6.10 Å². The van der Waals surface area contributed by atoms with Gasteiger partial charge in [-0.25, -0.2) is 4.98 Å². The molecule has 1 unspecified atom stereocenters. The van der Waals surface area contributed by atoms with Crippen LogP contribution in [0, 0.1) is 13.8 Å². The van der Waals surface area contributed by atoms with E-state index in [9.17, 15) is 5.11 Å². The molecule has 0 aliphatic rings. The Balaban J connectivity index is 1.85. The van der Waals surface area contributed by atoms with Gasteiger partial charge in [0.25, 0.3) is 0 Å². The van der Waals surface area contributed by atoms with Gasteiger partial charge in [0.05, 0.1) is 17.5 Å². The van der Waals surface area contributed by atoms with Crippen LogP contribution in [0.3, 0.4) is 0 Å². The number of benzene rings is 1. The minimum atomic E-state index is -0.529. The van der Waals surface area contributed by atoms with E-state index in [4.69, 9.17) is 0 Å². The van der Waals surface area contributed by atoms with Crippen LogP contribution in [0.5, 0.6) is 0 Å². The highest BCUT2D eigenvalue weighted by Gasteiger charge is 2.14. The van der Waals surface area contributed by atoms with Gasteiger partial charge in [0.15, 0.2) is 0 Å². The zero-order valence-corrected chi connectivity index (χ0v) is 13.0. The van der Waals surface area contributed by atoms with E-state index in [0.29, 0.717) is 6.54 Å². The minimum absolute atomic E-state index is 0.511. The molecule has 21 heavy (non-hydrogen) atoms. The SMILES string of the molecule is Cc1ccc(C(O)Cn2ccnc2-c2cccs2)c(C)c1. The first-order chi connectivity index (χ1) is 10.1. The Morgan fingerprint density at radius 1 is 1.29 bits per heavy atom. The molecule has 0 amide bonds. The third kappa shape index (κ3) is 2.91. The molecular weight excluding hydrogens is 280 g/mol. The number of aliphatic hydroxyl groups is 1. The molecule has 0 saturated carbocycles. The minimum Gasteiger partial charge on any atom is -0.387 e. The molecule has 0 bridgehead atoms. The summed E-state index contributed by atoms with van der Waals surface area (Å²) in [7, 11) is 0.